The van der Waals surface area contributed by atoms with Gasteiger partial charge in [0, 0.05) is 24.5 Å². The predicted molar refractivity (Wildman–Crippen MR) is 77.1 cm³/mol. The quantitative estimate of drug-likeness (QED) is 0.773. The standard InChI is InChI=1S/C17H20N2O/c20-17(8-12-2-1-7-18-11-12)19-15-5-6-16(19)10-14(9-15)13-3-4-13/h1-2,7,11,15-16H,3-6,8-10H2. The number of pyridine rings is 1. The fourth-order valence-electron chi connectivity index (χ4n) is 3.89. The molecule has 1 saturated carbocycles. The molecule has 3 nitrogen and oxygen atoms in total. The second kappa shape index (κ2) is 4.72. The van der Waals surface area contributed by atoms with E-state index in [4.69, 9.17) is 0 Å². The van der Waals surface area contributed by atoms with Crippen molar-refractivity contribution in [3.63, 3.8) is 0 Å². The number of aromatic nitrogens is 1. The molecule has 3 fully saturated rings. The Kier molecular flexibility index (Phi) is 2.86. The van der Waals surface area contributed by atoms with E-state index in [-0.39, 0.29) is 0 Å². The highest BCUT2D eigenvalue weighted by Gasteiger charge is 2.42. The van der Waals surface area contributed by atoms with Gasteiger partial charge in [0.05, 0.1) is 6.42 Å². The van der Waals surface area contributed by atoms with Crippen molar-refractivity contribution >= 4 is 5.91 Å². The summed E-state index contributed by atoms with van der Waals surface area (Å²) in [6.07, 6.45) is 11.4. The Hall–Kier alpha value is -1.64. The molecule has 1 aliphatic carbocycles. The van der Waals surface area contributed by atoms with E-state index in [2.05, 4.69) is 9.88 Å². The van der Waals surface area contributed by atoms with E-state index >= 15 is 0 Å². The van der Waals surface area contributed by atoms with Gasteiger partial charge in [-0.3, -0.25) is 9.78 Å². The van der Waals surface area contributed by atoms with Crippen molar-refractivity contribution in [2.75, 3.05) is 0 Å². The van der Waals surface area contributed by atoms with Crippen molar-refractivity contribution in [3.05, 3.63) is 41.2 Å². The van der Waals surface area contributed by atoms with Gasteiger partial charge in [-0.2, -0.15) is 0 Å². The molecule has 2 saturated heterocycles. The molecule has 2 unspecified atom stereocenters. The maximum absolute atomic E-state index is 12.6. The summed E-state index contributed by atoms with van der Waals surface area (Å²) in [5.41, 5.74) is 4.41. The number of rotatable bonds is 2. The molecular weight excluding hydrogens is 248 g/mol. The van der Waals surface area contributed by atoms with Gasteiger partial charge in [0.2, 0.25) is 5.91 Å². The first-order chi connectivity index (χ1) is 9.81. The number of carbonyl (C=O) groups is 1. The molecule has 2 atom stereocenters. The summed E-state index contributed by atoms with van der Waals surface area (Å²) in [5, 5.41) is 0. The summed E-state index contributed by atoms with van der Waals surface area (Å²) in [6, 6.07) is 4.85. The molecule has 1 aromatic rings. The fourth-order valence-corrected chi connectivity index (χ4v) is 3.89. The first-order valence-corrected chi connectivity index (χ1v) is 7.71. The fraction of sp³-hybridized carbons (Fsp3) is 0.529. The van der Waals surface area contributed by atoms with Crippen LogP contribution in [0, 0.1) is 0 Å². The maximum Gasteiger partial charge on any atom is 0.227 e. The number of amides is 1. The normalized spacial score (nSPS) is 27.9. The molecule has 3 aliphatic rings. The van der Waals surface area contributed by atoms with Crippen LogP contribution in [-0.4, -0.2) is 27.9 Å². The zero-order chi connectivity index (χ0) is 13.5. The van der Waals surface area contributed by atoms with Gasteiger partial charge in [-0.15, -0.1) is 0 Å². The summed E-state index contributed by atoms with van der Waals surface area (Å²) in [5.74, 6) is 0.297. The van der Waals surface area contributed by atoms with Crippen LogP contribution in [0.2, 0.25) is 0 Å². The van der Waals surface area contributed by atoms with Crippen LogP contribution in [-0.2, 0) is 11.2 Å². The van der Waals surface area contributed by atoms with Gasteiger partial charge in [0.25, 0.3) is 0 Å². The lowest BCUT2D eigenvalue weighted by Gasteiger charge is -2.36. The van der Waals surface area contributed by atoms with Gasteiger partial charge >= 0.3 is 0 Å². The average Bonchev–Trinajstić information content (AvgIpc) is 3.26. The molecule has 4 rings (SSSR count). The summed E-state index contributed by atoms with van der Waals surface area (Å²) in [6.45, 7) is 0. The molecule has 3 heterocycles. The largest absolute Gasteiger partial charge is 0.336 e. The van der Waals surface area contributed by atoms with E-state index in [1.165, 1.54) is 25.7 Å². The minimum absolute atomic E-state index is 0.297. The molecule has 2 bridgehead atoms. The monoisotopic (exact) mass is 268 g/mol. The van der Waals surface area contributed by atoms with Gasteiger partial charge in [-0.25, -0.2) is 0 Å². The van der Waals surface area contributed by atoms with Crippen molar-refractivity contribution in [3.8, 4) is 0 Å². The molecule has 2 aliphatic heterocycles. The van der Waals surface area contributed by atoms with E-state index in [1.807, 2.05) is 12.1 Å². The smallest absolute Gasteiger partial charge is 0.227 e. The number of hydrogen-bond acceptors (Lipinski definition) is 2. The van der Waals surface area contributed by atoms with E-state index in [0.29, 0.717) is 24.4 Å². The first-order valence-electron chi connectivity index (χ1n) is 7.71. The molecular formula is C17H20N2O. The Morgan fingerprint density at radius 2 is 1.95 bits per heavy atom. The Bertz CT molecular complexity index is 542. The van der Waals surface area contributed by atoms with Crippen molar-refractivity contribution in [1.82, 2.24) is 9.88 Å². The maximum atomic E-state index is 12.6. The summed E-state index contributed by atoms with van der Waals surface area (Å²) in [7, 11) is 0. The first kappa shape index (κ1) is 12.1. The van der Waals surface area contributed by atoms with Crippen molar-refractivity contribution in [2.24, 2.45) is 0 Å². The third kappa shape index (κ3) is 2.15. The van der Waals surface area contributed by atoms with Gasteiger partial charge in [-0.1, -0.05) is 17.2 Å². The Balaban J connectivity index is 1.49. The lowest BCUT2D eigenvalue weighted by atomic mass is 9.95. The van der Waals surface area contributed by atoms with Crippen molar-refractivity contribution < 1.29 is 4.79 Å². The highest BCUT2D eigenvalue weighted by atomic mass is 16.2. The lowest BCUT2D eigenvalue weighted by molar-refractivity contribution is -0.134. The zero-order valence-electron chi connectivity index (χ0n) is 11.7. The molecule has 0 aromatic carbocycles. The minimum atomic E-state index is 0.297. The van der Waals surface area contributed by atoms with Crippen LogP contribution in [0.15, 0.2) is 35.7 Å². The number of hydrogen-bond donors (Lipinski definition) is 0. The van der Waals surface area contributed by atoms with Gasteiger partial charge in [-0.05, 0) is 50.2 Å². The van der Waals surface area contributed by atoms with Crippen LogP contribution < -0.4 is 0 Å². The molecule has 3 heteroatoms. The number of allylic oxidation sites excluding steroid dienone is 1. The molecule has 0 radical (unpaired) electrons. The molecule has 0 spiro atoms. The summed E-state index contributed by atoms with van der Waals surface area (Å²) >= 11 is 0. The lowest BCUT2D eigenvalue weighted by Crippen LogP contribution is -2.45. The van der Waals surface area contributed by atoms with Crippen LogP contribution in [0.3, 0.4) is 0 Å². The second-order valence-corrected chi connectivity index (χ2v) is 6.34. The number of fused-ring (bicyclic) bond motifs is 2. The molecule has 1 aromatic heterocycles. The Morgan fingerprint density at radius 1 is 1.20 bits per heavy atom. The highest BCUT2D eigenvalue weighted by molar-refractivity contribution is 5.80. The summed E-state index contributed by atoms with van der Waals surface area (Å²) in [4.78, 5) is 18.9. The Labute approximate surface area is 119 Å². The highest BCUT2D eigenvalue weighted by Crippen LogP contribution is 2.44. The average molecular weight is 268 g/mol. The molecule has 104 valence electrons. The van der Waals surface area contributed by atoms with Crippen LogP contribution >= 0.6 is 0 Å². The third-order valence-corrected chi connectivity index (χ3v) is 4.95. The molecule has 0 N–H and O–H groups in total. The number of carbonyl (C=O) groups excluding carboxylic acids is 1. The van der Waals surface area contributed by atoms with Crippen LogP contribution in [0.1, 0.15) is 44.1 Å². The summed E-state index contributed by atoms with van der Waals surface area (Å²) < 4.78 is 0. The predicted octanol–water partition coefficient (Wildman–Crippen LogP) is 2.87. The van der Waals surface area contributed by atoms with Gasteiger partial charge in [0.1, 0.15) is 0 Å². The van der Waals surface area contributed by atoms with E-state index in [0.717, 1.165) is 18.4 Å². The topological polar surface area (TPSA) is 33.2 Å². The van der Waals surface area contributed by atoms with Crippen LogP contribution in [0.4, 0.5) is 0 Å². The van der Waals surface area contributed by atoms with Gasteiger partial charge in [0.15, 0.2) is 0 Å². The number of piperidine rings is 1. The van der Waals surface area contributed by atoms with Crippen LogP contribution in [0.5, 0.6) is 0 Å². The number of nitrogens with zero attached hydrogens (tertiary/aromatic N) is 2. The van der Waals surface area contributed by atoms with E-state index in [1.54, 1.807) is 23.5 Å². The SMILES string of the molecule is O=C(Cc1cccnc1)N1C2CCC1CC(=C1CC1)C2. The molecule has 20 heavy (non-hydrogen) atoms. The van der Waals surface area contributed by atoms with Crippen molar-refractivity contribution in [1.29, 1.82) is 0 Å². The second-order valence-electron chi connectivity index (χ2n) is 6.34. The minimum Gasteiger partial charge on any atom is -0.336 e. The van der Waals surface area contributed by atoms with Gasteiger partial charge < -0.3 is 4.90 Å². The van der Waals surface area contributed by atoms with E-state index < -0.39 is 0 Å². The Morgan fingerprint density at radius 3 is 2.55 bits per heavy atom. The third-order valence-electron chi connectivity index (χ3n) is 4.95. The molecule has 1 amide bonds. The zero-order valence-corrected chi connectivity index (χ0v) is 11.7. The van der Waals surface area contributed by atoms with Crippen molar-refractivity contribution in [2.45, 2.75) is 57.0 Å². The van der Waals surface area contributed by atoms with Crippen LogP contribution in [0.25, 0.3) is 0 Å². The van der Waals surface area contributed by atoms with E-state index in [9.17, 15) is 4.79 Å².